The highest BCUT2D eigenvalue weighted by atomic mass is 16.5. The molecule has 1 heterocycles. The predicted octanol–water partition coefficient (Wildman–Crippen LogP) is 2.77. The lowest BCUT2D eigenvalue weighted by Gasteiger charge is -2.08. The average Bonchev–Trinajstić information content (AvgIpc) is 2.41. The van der Waals surface area contributed by atoms with Crippen LogP contribution in [0.4, 0.5) is 0 Å². The Balaban J connectivity index is 2.06. The molecule has 100 valence electrons. The van der Waals surface area contributed by atoms with Gasteiger partial charge in [-0.25, -0.2) is 4.98 Å². The molecule has 0 aliphatic heterocycles. The Hall–Kier alpha value is -2.07. The van der Waals surface area contributed by atoms with Crippen LogP contribution in [0.15, 0.2) is 42.6 Å². The van der Waals surface area contributed by atoms with Crippen LogP contribution in [0.25, 0.3) is 0 Å². The molecule has 19 heavy (non-hydrogen) atoms. The quantitative estimate of drug-likeness (QED) is 0.896. The number of rotatable bonds is 5. The second kappa shape index (κ2) is 6.20. The van der Waals surface area contributed by atoms with Gasteiger partial charge in [0.05, 0.1) is 7.11 Å². The number of pyridine rings is 1. The SMILES string of the molecule is COc1cccc(Oc2ccc(CC(C)N)cn2)c1. The number of nitrogens with two attached hydrogens (primary N) is 1. The lowest BCUT2D eigenvalue weighted by atomic mass is 10.1. The van der Waals surface area contributed by atoms with Crippen molar-refractivity contribution in [1.82, 2.24) is 4.98 Å². The number of hydrogen-bond acceptors (Lipinski definition) is 4. The largest absolute Gasteiger partial charge is 0.497 e. The lowest BCUT2D eigenvalue weighted by Crippen LogP contribution is -2.17. The summed E-state index contributed by atoms with van der Waals surface area (Å²) in [5.74, 6) is 2.01. The fraction of sp³-hybridized carbons (Fsp3) is 0.267. The molecule has 4 heteroatoms. The van der Waals surface area contributed by atoms with Crippen molar-refractivity contribution in [3.05, 3.63) is 48.2 Å². The summed E-state index contributed by atoms with van der Waals surface area (Å²) in [6.07, 6.45) is 2.60. The summed E-state index contributed by atoms with van der Waals surface area (Å²) >= 11 is 0. The standard InChI is InChI=1S/C15H18N2O2/c1-11(16)8-12-6-7-15(17-10-12)19-14-5-3-4-13(9-14)18-2/h3-7,9-11H,8,16H2,1-2H3. The number of hydrogen-bond donors (Lipinski definition) is 1. The second-order valence-corrected chi connectivity index (χ2v) is 4.47. The first-order valence-corrected chi connectivity index (χ1v) is 6.20. The summed E-state index contributed by atoms with van der Waals surface area (Å²) in [6, 6.07) is 11.4. The van der Waals surface area contributed by atoms with Crippen molar-refractivity contribution < 1.29 is 9.47 Å². The second-order valence-electron chi connectivity index (χ2n) is 4.47. The Morgan fingerprint density at radius 2 is 2.00 bits per heavy atom. The summed E-state index contributed by atoms with van der Waals surface area (Å²) < 4.78 is 10.8. The van der Waals surface area contributed by atoms with Crippen LogP contribution < -0.4 is 15.2 Å². The van der Waals surface area contributed by atoms with E-state index in [0.717, 1.165) is 17.7 Å². The summed E-state index contributed by atoms with van der Waals surface area (Å²) in [6.45, 7) is 1.97. The maximum absolute atomic E-state index is 5.75. The zero-order chi connectivity index (χ0) is 13.7. The van der Waals surface area contributed by atoms with E-state index in [2.05, 4.69) is 4.98 Å². The third-order valence-corrected chi connectivity index (χ3v) is 2.62. The molecule has 0 spiro atoms. The minimum atomic E-state index is 0.131. The van der Waals surface area contributed by atoms with Gasteiger partial charge < -0.3 is 15.2 Å². The van der Waals surface area contributed by atoms with E-state index in [1.54, 1.807) is 13.3 Å². The van der Waals surface area contributed by atoms with Crippen LogP contribution in [0.5, 0.6) is 17.4 Å². The molecule has 0 bridgehead atoms. The smallest absolute Gasteiger partial charge is 0.219 e. The molecule has 1 atom stereocenters. The maximum atomic E-state index is 5.75. The van der Waals surface area contributed by atoms with E-state index in [1.165, 1.54) is 0 Å². The topological polar surface area (TPSA) is 57.4 Å². The molecule has 0 aliphatic carbocycles. The number of benzene rings is 1. The van der Waals surface area contributed by atoms with Gasteiger partial charge in [-0.1, -0.05) is 12.1 Å². The van der Waals surface area contributed by atoms with Crippen LogP contribution >= 0.6 is 0 Å². The molecule has 2 aromatic rings. The molecule has 2 rings (SSSR count). The third-order valence-electron chi connectivity index (χ3n) is 2.62. The molecule has 1 aromatic heterocycles. The Kier molecular flexibility index (Phi) is 4.36. The molecule has 1 unspecified atom stereocenters. The fourth-order valence-electron chi connectivity index (χ4n) is 1.75. The van der Waals surface area contributed by atoms with E-state index in [1.807, 2.05) is 43.3 Å². The van der Waals surface area contributed by atoms with Crippen molar-refractivity contribution in [3.63, 3.8) is 0 Å². The number of methoxy groups -OCH3 is 1. The zero-order valence-corrected chi connectivity index (χ0v) is 11.2. The number of aromatic nitrogens is 1. The normalized spacial score (nSPS) is 11.9. The molecule has 1 aromatic carbocycles. The van der Waals surface area contributed by atoms with Gasteiger partial charge in [0, 0.05) is 24.4 Å². The molecular formula is C15H18N2O2. The average molecular weight is 258 g/mol. The summed E-state index contributed by atoms with van der Waals surface area (Å²) in [4.78, 5) is 4.26. The van der Waals surface area contributed by atoms with Crippen LogP contribution in [0.3, 0.4) is 0 Å². The summed E-state index contributed by atoms with van der Waals surface area (Å²) in [7, 11) is 1.63. The Morgan fingerprint density at radius 1 is 1.21 bits per heavy atom. The monoisotopic (exact) mass is 258 g/mol. The molecule has 0 aliphatic rings. The molecule has 2 N–H and O–H groups in total. The molecule has 0 saturated carbocycles. The van der Waals surface area contributed by atoms with Crippen molar-refractivity contribution in [3.8, 4) is 17.4 Å². The van der Waals surface area contributed by atoms with Gasteiger partial charge in [0.25, 0.3) is 0 Å². The summed E-state index contributed by atoms with van der Waals surface area (Å²) in [5.41, 5.74) is 6.85. The van der Waals surface area contributed by atoms with Crippen LogP contribution in [-0.4, -0.2) is 18.1 Å². The van der Waals surface area contributed by atoms with E-state index in [0.29, 0.717) is 11.6 Å². The van der Waals surface area contributed by atoms with E-state index >= 15 is 0 Å². The minimum absolute atomic E-state index is 0.131. The number of nitrogens with zero attached hydrogens (tertiary/aromatic N) is 1. The highest BCUT2D eigenvalue weighted by molar-refractivity contribution is 5.35. The van der Waals surface area contributed by atoms with E-state index < -0.39 is 0 Å². The molecule has 0 amide bonds. The van der Waals surface area contributed by atoms with Crippen LogP contribution in [0, 0.1) is 0 Å². The Morgan fingerprint density at radius 3 is 2.63 bits per heavy atom. The van der Waals surface area contributed by atoms with E-state index in [-0.39, 0.29) is 6.04 Å². The van der Waals surface area contributed by atoms with Crippen LogP contribution in [0.2, 0.25) is 0 Å². The van der Waals surface area contributed by atoms with Gasteiger partial charge in [-0.15, -0.1) is 0 Å². The lowest BCUT2D eigenvalue weighted by molar-refractivity contribution is 0.407. The van der Waals surface area contributed by atoms with Gasteiger partial charge in [0.1, 0.15) is 11.5 Å². The molecule has 0 fully saturated rings. The van der Waals surface area contributed by atoms with Gasteiger partial charge in [0.2, 0.25) is 5.88 Å². The van der Waals surface area contributed by atoms with Crippen molar-refractivity contribution >= 4 is 0 Å². The zero-order valence-electron chi connectivity index (χ0n) is 11.2. The molecular weight excluding hydrogens is 240 g/mol. The first-order valence-electron chi connectivity index (χ1n) is 6.20. The molecule has 4 nitrogen and oxygen atoms in total. The number of ether oxygens (including phenoxy) is 2. The van der Waals surface area contributed by atoms with Gasteiger partial charge in [-0.05, 0) is 31.0 Å². The predicted molar refractivity (Wildman–Crippen MR) is 74.7 cm³/mol. The van der Waals surface area contributed by atoms with Crippen molar-refractivity contribution in [1.29, 1.82) is 0 Å². The fourth-order valence-corrected chi connectivity index (χ4v) is 1.75. The van der Waals surface area contributed by atoms with Crippen LogP contribution in [-0.2, 0) is 6.42 Å². The van der Waals surface area contributed by atoms with Gasteiger partial charge >= 0.3 is 0 Å². The van der Waals surface area contributed by atoms with Crippen LogP contribution in [0.1, 0.15) is 12.5 Å². The highest BCUT2D eigenvalue weighted by Gasteiger charge is 2.02. The van der Waals surface area contributed by atoms with Gasteiger partial charge in [-0.2, -0.15) is 0 Å². The first kappa shape index (κ1) is 13.4. The summed E-state index contributed by atoms with van der Waals surface area (Å²) in [5, 5.41) is 0. The van der Waals surface area contributed by atoms with Gasteiger partial charge in [0.15, 0.2) is 0 Å². The van der Waals surface area contributed by atoms with Crippen molar-refractivity contribution in [2.24, 2.45) is 5.73 Å². The Bertz CT molecular complexity index is 524. The van der Waals surface area contributed by atoms with Crippen molar-refractivity contribution in [2.75, 3.05) is 7.11 Å². The Labute approximate surface area is 113 Å². The minimum Gasteiger partial charge on any atom is -0.497 e. The molecule has 0 radical (unpaired) electrons. The molecule has 0 saturated heterocycles. The van der Waals surface area contributed by atoms with E-state index in [4.69, 9.17) is 15.2 Å². The first-order chi connectivity index (χ1) is 9.17. The van der Waals surface area contributed by atoms with Gasteiger partial charge in [-0.3, -0.25) is 0 Å². The van der Waals surface area contributed by atoms with Crippen molar-refractivity contribution in [2.45, 2.75) is 19.4 Å². The maximum Gasteiger partial charge on any atom is 0.219 e. The van der Waals surface area contributed by atoms with E-state index in [9.17, 15) is 0 Å². The highest BCUT2D eigenvalue weighted by Crippen LogP contribution is 2.23. The third kappa shape index (κ3) is 3.96.